The number of hydrogen-bond donors (Lipinski definition) is 1. The van der Waals surface area contributed by atoms with Crippen molar-refractivity contribution in [2.75, 3.05) is 49.3 Å². The van der Waals surface area contributed by atoms with Gasteiger partial charge in [-0.1, -0.05) is 0 Å². The Kier molecular flexibility index (Phi) is 3.90. The predicted octanol–water partition coefficient (Wildman–Crippen LogP) is -1.16. The molecule has 1 aromatic heterocycles. The molecule has 0 saturated carbocycles. The highest BCUT2D eigenvalue weighted by Gasteiger charge is 2.26. The molecular weight excluding hydrogens is 284 g/mol. The van der Waals surface area contributed by atoms with Crippen molar-refractivity contribution < 1.29 is 17.7 Å². The van der Waals surface area contributed by atoms with Crippen LogP contribution in [0.5, 0.6) is 0 Å². The SMILES string of the molecule is O=S1(=O)CCNC(Cc2nc(N3CCOCC3)no2)C1. The number of ether oxygens (including phenoxy) is 1. The van der Waals surface area contributed by atoms with Gasteiger partial charge in [0.1, 0.15) is 0 Å². The Morgan fingerprint density at radius 3 is 2.90 bits per heavy atom. The minimum absolute atomic E-state index is 0.127. The van der Waals surface area contributed by atoms with Crippen molar-refractivity contribution in [1.29, 1.82) is 0 Å². The molecule has 0 amide bonds. The smallest absolute Gasteiger partial charge is 0.266 e. The molecular formula is C11H18N4O4S. The van der Waals surface area contributed by atoms with Gasteiger partial charge in [0.2, 0.25) is 5.89 Å². The molecule has 2 fully saturated rings. The summed E-state index contributed by atoms with van der Waals surface area (Å²) in [6.45, 7) is 3.29. The van der Waals surface area contributed by atoms with Gasteiger partial charge in [0, 0.05) is 32.1 Å². The van der Waals surface area contributed by atoms with E-state index >= 15 is 0 Å². The molecule has 20 heavy (non-hydrogen) atoms. The number of morpholine rings is 1. The van der Waals surface area contributed by atoms with Gasteiger partial charge in [-0.2, -0.15) is 4.98 Å². The Bertz CT molecular complexity index is 553. The van der Waals surface area contributed by atoms with E-state index in [1.165, 1.54) is 0 Å². The standard InChI is InChI=1S/C11H18N4O4S/c16-20(17)6-1-12-9(8-20)7-10-13-11(14-19-10)15-2-4-18-5-3-15/h9,12H,1-8H2. The number of nitrogens with zero attached hydrogens (tertiary/aromatic N) is 3. The second-order valence-corrected chi connectivity index (χ2v) is 7.29. The Balaban J connectivity index is 1.62. The van der Waals surface area contributed by atoms with Gasteiger partial charge in [0.05, 0.1) is 24.7 Å². The zero-order valence-corrected chi connectivity index (χ0v) is 11.9. The summed E-state index contributed by atoms with van der Waals surface area (Å²) in [6, 6.07) is -0.147. The van der Waals surface area contributed by atoms with Crippen molar-refractivity contribution in [3.05, 3.63) is 5.89 Å². The second kappa shape index (κ2) is 5.66. The van der Waals surface area contributed by atoms with E-state index in [0.717, 1.165) is 13.1 Å². The van der Waals surface area contributed by atoms with Crippen molar-refractivity contribution in [3.63, 3.8) is 0 Å². The molecule has 3 rings (SSSR count). The Morgan fingerprint density at radius 1 is 1.35 bits per heavy atom. The molecule has 2 aliphatic heterocycles. The summed E-state index contributed by atoms with van der Waals surface area (Å²) < 4.78 is 33.6. The predicted molar refractivity (Wildman–Crippen MR) is 71.5 cm³/mol. The third-order valence-corrected chi connectivity index (χ3v) is 5.21. The van der Waals surface area contributed by atoms with E-state index in [0.29, 0.717) is 38.0 Å². The molecule has 0 aliphatic carbocycles. The van der Waals surface area contributed by atoms with Crippen molar-refractivity contribution in [2.45, 2.75) is 12.5 Å². The monoisotopic (exact) mass is 302 g/mol. The molecule has 0 spiro atoms. The van der Waals surface area contributed by atoms with Crippen molar-refractivity contribution in [1.82, 2.24) is 15.5 Å². The highest BCUT2D eigenvalue weighted by molar-refractivity contribution is 7.91. The van der Waals surface area contributed by atoms with Gasteiger partial charge >= 0.3 is 0 Å². The molecule has 1 N–H and O–H groups in total. The van der Waals surface area contributed by atoms with E-state index < -0.39 is 9.84 Å². The third kappa shape index (κ3) is 3.28. The van der Waals surface area contributed by atoms with Crippen LogP contribution in [0.2, 0.25) is 0 Å². The van der Waals surface area contributed by atoms with Gasteiger partial charge in [0.15, 0.2) is 9.84 Å². The first-order chi connectivity index (χ1) is 9.62. The van der Waals surface area contributed by atoms with Crippen LogP contribution in [-0.4, -0.2) is 69.0 Å². The molecule has 0 radical (unpaired) electrons. The van der Waals surface area contributed by atoms with Gasteiger partial charge in [-0.05, 0) is 5.16 Å². The van der Waals surface area contributed by atoms with Crippen molar-refractivity contribution in [3.8, 4) is 0 Å². The number of hydrogen-bond acceptors (Lipinski definition) is 8. The van der Waals surface area contributed by atoms with Crippen LogP contribution in [0.25, 0.3) is 0 Å². The fourth-order valence-corrected chi connectivity index (χ4v) is 3.87. The van der Waals surface area contributed by atoms with Crippen LogP contribution in [0.15, 0.2) is 4.52 Å². The molecule has 1 aromatic rings. The third-order valence-electron chi connectivity index (χ3n) is 3.47. The van der Waals surface area contributed by atoms with Crippen LogP contribution in [0.4, 0.5) is 5.95 Å². The Morgan fingerprint density at radius 2 is 2.15 bits per heavy atom. The highest BCUT2D eigenvalue weighted by atomic mass is 32.2. The van der Waals surface area contributed by atoms with E-state index in [2.05, 4.69) is 15.5 Å². The largest absolute Gasteiger partial charge is 0.378 e. The van der Waals surface area contributed by atoms with E-state index in [1.54, 1.807) is 0 Å². The molecule has 8 nitrogen and oxygen atoms in total. The number of anilines is 1. The molecule has 2 aliphatic rings. The fourth-order valence-electron chi connectivity index (χ4n) is 2.43. The van der Waals surface area contributed by atoms with Crippen LogP contribution < -0.4 is 10.2 Å². The molecule has 2 saturated heterocycles. The van der Waals surface area contributed by atoms with Crippen LogP contribution >= 0.6 is 0 Å². The molecule has 112 valence electrons. The van der Waals surface area contributed by atoms with E-state index in [9.17, 15) is 8.42 Å². The minimum atomic E-state index is -2.94. The molecule has 1 atom stereocenters. The summed E-state index contributed by atoms with van der Waals surface area (Å²) >= 11 is 0. The summed E-state index contributed by atoms with van der Waals surface area (Å²) in [4.78, 5) is 6.34. The van der Waals surface area contributed by atoms with Crippen LogP contribution in [-0.2, 0) is 21.0 Å². The first kappa shape index (κ1) is 13.8. The number of nitrogens with one attached hydrogen (secondary N) is 1. The molecule has 9 heteroatoms. The lowest BCUT2D eigenvalue weighted by molar-refractivity contribution is 0.121. The normalized spacial score (nSPS) is 26.6. The fraction of sp³-hybridized carbons (Fsp3) is 0.818. The summed E-state index contributed by atoms with van der Waals surface area (Å²) in [5.41, 5.74) is 0. The Labute approximate surface area is 117 Å². The maximum atomic E-state index is 11.6. The minimum Gasteiger partial charge on any atom is -0.378 e. The zero-order valence-electron chi connectivity index (χ0n) is 11.1. The summed E-state index contributed by atoms with van der Waals surface area (Å²) in [7, 11) is -2.94. The van der Waals surface area contributed by atoms with Crippen molar-refractivity contribution >= 4 is 15.8 Å². The number of sulfone groups is 1. The first-order valence-corrected chi connectivity index (χ1v) is 8.54. The average molecular weight is 302 g/mol. The van der Waals surface area contributed by atoms with Gasteiger partial charge in [-0.3, -0.25) is 0 Å². The lowest BCUT2D eigenvalue weighted by atomic mass is 10.2. The maximum Gasteiger partial charge on any atom is 0.266 e. The van der Waals surface area contributed by atoms with Gasteiger partial charge in [-0.25, -0.2) is 8.42 Å². The second-order valence-electron chi connectivity index (χ2n) is 5.06. The summed E-state index contributed by atoms with van der Waals surface area (Å²) in [5.74, 6) is 1.36. The highest BCUT2D eigenvalue weighted by Crippen LogP contribution is 2.13. The van der Waals surface area contributed by atoms with Crippen molar-refractivity contribution in [2.24, 2.45) is 0 Å². The van der Waals surface area contributed by atoms with Crippen LogP contribution in [0.1, 0.15) is 5.89 Å². The molecule has 0 bridgehead atoms. The molecule has 3 heterocycles. The lowest BCUT2D eigenvalue weighted by Gasteiger charge is -2.24. The lowest BCUT2D eigenvalue weighted by Crippen LogP contribution is -2.46. The Hall–Kier alpha value is -1.19. The first-order valence-electron chi connectivity index (χ1n) is 6.71. The zero-order chi connectivity index (χ0) is 14.0. The van der Waals surface area contributed by atoms with E-state index in [1.807, 2.05) is 4.90 Å². The van der Waals surface area contributed by atoms with Crippen LogP contribution in [0.3, 0.4) is 0 Å². The number of rotatable bonds is 3. The topological polar surface area (TPSA) is 97.6 Å². The number of aromatic nitrogens is 2. The van der Waals surface area contributed by atoms with E-state index in [4.69, 9.17) is 9.26 Å². The summed E-state index contributed by atoms with van der Waals surface area (Å²) in [5, 5.41) is 7.12. The van der Waals surface area contributed by atoms with E-state index in [-0.39, 0.29) is 17.5 Å². The average Bonchev–Trinajstić information content (AvgIpc) is 2.87. The maximum absolute atomic E-state index is 11.6. The molecule has 1 unspecified atom stereocenters. The van der Waals surface area contributed by atoms with Gasteiger partial charge in [0.25, 0.3) is 5.95 Å². The quantitative estimate of drug-likeness (QED) is 0.746. The van der Waals surface area contributed by atoms with Gasteiger partial charge < -0.3 is 19.5 Å². The summed E-state index contributed by atoms with van der Waals surface area (Å²) in [6.07, 6.45) is 0.441. The van der Waals surface area contributed by atoms with Gasteiger partial charge in [-0.15, -0.1) is 0 Å². The van der Waals surface area contributed by atoms with Crippen LogP contribution in [0, 0.1) is 0 Å². The molecule has 0 aromatic carbocycles.